The third kappa shape index (κ3) is 28.1. The minimum Gasteiger partial charge on any atom is -0.463 e. The maximum absolute atomic E-state index is 14.0. The highest BCUT2D eigenvalue weighted by Crippen LogP contribution is 2.17. The molecule has 0 aliphatic carbocycles. The van der Waals surface area contributed by atoms with Crippen LogP contribution >= 0.6 is 0 Å². The van der Waals surface area contributed by atoms with E-state index in [2.05, 4.69) is 41.9 Å². The molecule has 2 aromatic rings. The average molecular weight is 1120 g/mol. The van der Waals surface area contributed by atoms with E-state index in [-0.39, 0.29) is 70.9 Å². The van der Waals surface area contributed by atoms with Crippen molar-refractivity contribution in [3.8, 4) is 11.4 Å². The zero-order valence-corrected chi connectivity index (χ0v) is 47.4. The smallest absolute Gasteiger partial charge is 0.328 e. The van der Waals surface area contributed by atoms with E-state index in [4.69, 9.17) is 42.6 Å². The van der Waals surface area contributed by atoms with Gasteiger partial charge in [-0.15, -0.1) is 0 Å². The van der Waals surface area contributed by atoms with E-state index in [1.807, 2.05) is 0 Å². The van der Waals surface area contributed by atoms with E-state index in [0.717, 1.165) is 0 Å². The summed E-state index contributed by atoms with van der Waals surface area (Å²) in [6.45, 7) is 15.7. The number of hydrogen-bond donors (Lipinski definition) is 6. The molecule has 6 N–H and O–H groups in total. The van der Waals surface area contributed by atoms with Crippen LogP contribution in [-0.4, -0.2) is 198 Å². The van der Waals surface area contributed by atoms with Crippen molar-refractivity contribution in [2.45, 2.75) is 129 Å². The van der Waals surface area contributed by atoms with Crippen molar-refractivity contribution in [1.82, 2.24) is 41.9 Å². The van der Waals surface area contributed by atoms with Crippen LogP contribution in [0.4, 0.5) is 0 Å². The minimum atomic E-state index is -1.79. The second-order valence-corrected chi connectivity index (χ2v) is 19.8. The summed E-state index contributed by atoms with van der Waals surface area (Å²) in [5, 5.41) is 15.3. The quantitative estimate of drug-likeness (QED) is 0.0309. The summed E-state index contributed by atoms with van der Waals surface area (Å²) in [7, 11) is 3.10. The number of carbonyl (C=O) groups is 9. The predicted molar refractivity (Wildman–Crippen MR) is 284 cm³/mol. The van der Waals surface area contributed by atoms with Gasteiger partial charge >= 0.3 is 17.9 Å². The van der Waals surface area contributed by atoms with Gasteiger partial charge in [0.05, 0.1) is 77.5 Å². The highest BCUT2D eigenvalue weighted by molar-refractivity contribution is 6.01. The first kappa shape index (κ1) is 68.4. The number of amides is 6. The second-order valence-electron chi connectivity index (χ2n) is 19.8. The molecule has 0 saturated heterocycles. The fourth-order valence-corrected chi connectivity index (χ4v) is 6.50. The Morgan fingerprint density at radius 3 is 1.41 bits per heavy atom. The minimum absolute atomic E-state index is 0.0514. The monoisotopic (exact) mass is 1120 g/mol. The SMILES string of the molecule is COCCOCCOCCOC(=O)CC[C@H](NC(=O)C(C)(C)NC(=O)c1ccnc(-c2ccccn2)c1)C(=O)N[C@@H](C)C(=O)NC(C)(C)C(=O)N[C@@H](CCC(=O)OCCOCCOCCOC)C(=O)N[C@@H](C)C(=O)OC(C)(C)C. The summed E-state index contributed by atoms with van der Waals surface area (Å²) < 4.78 is 47.1. The lowest BCUT2D eigenvalue weighted by molar-refractivity contribution is -0.158. The molecular weight excluding hydrogens is 1040 g/mol. The van der Waals surface area contributed by atoms with Gasteiger partial charge in [0.15, 0.2) is 0 Å². The van der Waals surface area contributed by atoms with E-state index < -0.39 is 94.2 Å². The Kier molecular flexibility index (Phi) is 30.9. The van der Waals surface area contributed by atoms with E-state index in [0.29, 0.717) is 51.0 Å². The standard InChI is InChI=1S/C53H82N8O18/c1-35(44(64)60-52(6,7)49(69)59-40(47(67)57-36(2)48(68)79-51(3,4)5)16-18-43(63)78-33-31-76-29-27-74-25-23-72-11)56-46(66)39(15-17-42(62)77-32-30-75-28-26-73-24-22-71-10)58-50(70)53(8,9)61-45(65)37-19-21-55-41(34-37)38-14-12-13-20-54-38/h12-14,19-21,34-36,39-40H,15-18,22-33H2,1-11H3,(H,56,66)(H,57,67)(H,58,70)(H,59,69)(H,60,64)(H,61,65)/t35-,36-,39-,40-/m0/s1. The number of pyridine rings is 2. The largest absolute Gasteiger partial charge is 0.463 e. The molecule has 26 nitrogen and oxygen atoms in total. The molecule has 0 saturated carbocycles. The number of methoxy groups -OCH3 is 2. The normalized spacial score (nSPS) is 13.1. The Labute approximate surface area is 461 Å². The Hall–Kier alpha value is -6.71. The lowest BCUT2D eigenvalue weighted by atomic mass is 10.0. The van der Waals surface area contributed by atoms with Gasteiger partial charge in [-0.1, -0.05) is 6.07 Å². The van der Waals surface area contributed by atoms with Crippen LogP contribution in [0.5, 0.6) is 0 Å². The van der Waals surface area contributed by atoms with Crippen molar-refractivity contribution in [3.63, 3.8) is 0 Å². The number of esters is 3. The lowest BCUT2D eigenvalue weighted by Gasteiger charge is -2.30. The highest BCUT2D eigenvalue weighted by atomic mass is 16.6. The van der Waals surface area contributed by atoms with Gasteiger partial charge in [-0.25, -0.2) is 4.79 Å². The van der Waals surface area contributed by atoms with Crippen LogP contribution in [-0.2, 0) is 81.0 Å². The van der Waals surface area contributed by atoms with Crippen LogP contribution in [0, 0.1) is 0 Å². The van der Waals surface area contributed by atoms with Crippen molar-refractivity contribution < 1.29 is 85.8 Å². The van der Waals surface area contributed by atoms with Gasteiger partial charge in [0.2, 0.25) is 29.5 Å². The topological polar surface area (TPSA) is 335 Å². The number of rotatable bonds is 38. The first-order valence-corrected chi connectivity index (χ1v) is 25.9. The summed E-state index contributed by atoms with van der Waals surface area (Å²) in [5.41, 5.74) is -3.25. The molecule has 0 aliphatic heterocycles. The molecule has 0 aliphatic rings. The van der Waals surface area contributed by atoms with Gasteiger partial charge in [0.25, 0.3) is 5.91 Å². The number of nitrogens with zero attached hydrogens (tertiary/aromatic N) is 2. The highest BCUT2D eigenvalue weighted by Gasteiger charge is 2.37. The van der Waals surface area contributed by atoms with Gasteiger partial charge in [-0.3, -0.25) is 48.3 Å². The molecule has 0 aromatic carbocycles. The van der Waals surface area contributed by atoms with Crippen LogP contribution in [0.25, 0.3) is 11.4 Å². The fourth-order valence-electron chi connectivity index (χ4n) is 6.50. The average Bonchev–Trinajstić information content (AvgIpc) is 3.40. The molecule has 0 unspecified atom stereocenters. The lowest BCUT2D eigenvalue weighted by Crippen LogP contribution is -2.63. The van der Waals surface area contributed by atoms with Crippen molar-refractivity contribution in [2.24, 2.45) is 0 Å². The van der Waals surface area contributed by atoms with Gasteiger partial charge in [-0.05, 0) is 99.4 Å². The molecule has 0 spiro atoms. The number of hydrogen-bond acceptors (Lipinski definition) is 20. The van der Waals surface area contributed by atoms with Gasteiger partial charge in [0, 0.05) is 45.0 Å². The molecule has 0 radical (unpaired) electrons. The van der Waals surface area contributed by atoms with Gasteiger partial charge < -0.3 is 74.5 Å². The molecule has 2 rings (SSSR count). The van der Waals surface area contributed by atoms with Crippen molar-refractivity contribution in [3.05, 3.63) is 48.3 Å². The molecule has 442 valence electrons. The number of ether oxygens (including phenoxy) is 9. The van der Waals surface area contributed by atoms with Crippen LogP contribution in [0.15, 0.2) is 42.7 Å². The van der Waals surface area contributed by atoms with Gasteiger partial charge in [0.1, 0.15) is 54.1 Å². The summed E-state index contributed by atoms with van der Waals surface area (Å²) in [6.07, 6.45) is 1.64. The molecule has 0 bridgehead atoms. The zero-order chi connectivity index (χ0) is 59.0. The maximum Gasteiger partial charge on any atom is 0.328 e. The molecule has 2 aromatic heterocycles. The molecular formula is C53H82N8O18. The van der Waals surface area contributed by atoms with E-state index in [1.54, 1.807) is 59.4 Å². The number of aromatic nitrogens is 2. The first-order valence-electron chi connectivity index (χ1n) is 25.9. The second kappa shape index (κ2) is 35.7. The van der Waals surface area contributed by atoms with Crippen LogP contribution in [0.1, 0.15) is 98.4 Å². The molecule has 79 heavy (non-hydrogen) atoms. The van der Waals surface area contributed by atoms with Crippen LogP contribution in [0.2, 0.25) is 0 Å². The number of carbonyl (C=O) groups excluding carboxylic acids is 9. The predicted octanol–water partition coefficient (Wildman–Crippen LogP) is 0.874. The van der Waals surface area contributed by atoms with Crippen LogP contribution in [0.3, 0.4) is 0 Å². The van der Waals surface area contributed by atoms with Crippen molar-refractivity contribution >= 4 is 53.4 Å². The van der Waals surface area contributed by atoms with E-state index in [1.165, 1.54) is 59.9 Å². The third-order valence-corrected chi connectivity index (χ3v) is 10.9. The summed E-state index contributed by atoms with van der Waals surface area (Å²) in [4.78, 5) is 130. The van der Waals surface area contributed by atoms with E-state index >= 15 is 0 Å². The molecule has 2 heterocycles. The first-order chi connectivity index (χ1) is 37.3. The molecule has 0 fully saturated rings. The van der Waals surface area contributed by atoms with Crippen molar-refractivity contribution in [1.29, 1.82) is 0 Å². The van der Waals surface area contributed by atoms with Crippen molar-refractivity contribution in [2.75, 3.05) is 93.5 Å². The van der Waals surface area contributed by atoms with E-state index in [9.17, 15) is 43.2 Å². The molecule has 6 amide bonds. The Morgan fingerprint density at radius 1 is 0.506 bits per heavy atom. The Bertz CT molecular complexity index is 2260. The maximum atomic E-state index is 14.0. The molecule has 26 heteroatoms. The summed E-state index contributed by atoms with van der Waals surface area (Å²) >= 11 is 0. The number of nitrogens with one attached hydrogen (secondary N) is 6. The Balaban J connectivity index is 2.20. The zero-order valence-electron chi connectivity index (χ0n) is 47.4. The molecule has 4 atom stereocenters. The summed E-state index contributed by atoms with van der Waals surface area (Å²) in [6, 6.07) is 2.69. The van der Waals surface area contributed by atoms with Gasteiger partial charge in [-0.2, -0.15) is 0 Å². The summed E-state index contributed by atoms with van der Waals surface area (Å²) in [5.74, 6) is -7.24. The third-order valence-electron chi connectivity index (χ3n) is 10.9. The van der Waals surface area contributed by atoms with Crippen LogP contribution < -0.4 is 31.9 Å². The Morgan fingerprint density at radius 2 is 0.949 bits per heavy atom. The fraction of sp³-hybridized carbons (Fsp3) is 0.642.